The van der Waals surface area contributed by atoms with Crippen LogP contribution in [0.5, 0.6) is 0 Å². The molecular weight excluding hydrogens is 269 g/mol. The SMILES string of the molecule is CS(=O)(=O)c1ccc(F)c(CN=C(N)NC2CC2)c1. The summed E-state index contributed by atoms with van der Waals surface area (Å²) in [5.74, 6) is -0.234. The zero-order chi connectivity index (χ0) is 14.0. The average molecular weight is 285 g/mol. The van der Waals surface area contributed by atoms with E-state index in [1.165, 1.54) is 12.1 Å². The van der Waals surface area contributed by atoms with E-state index in [-0.39, 0.29) is 23.0 Å². The van der Waals surface area contributed by atoms with Crippen LogP contribution in [0.3, 0.4) is 0 Å². The van der Waals surface area contributed by atoms with E-state index in [9.17, 15) is 12.8 Å². The van der Waals surface area contributed by atoms with Crippen molar-refractivity contribution in [3.05, 3.63) is 29.6 Å². The molecule has 0 bridgehead atoms. The Kier molecular flexibility index (Phi) is 3.75. The Morgan fingerprint density at radius 2 is 2.21 bits per heavy atom. The van der Waals surface area contributed by atoms with Crippen LogP contribution in [-0.2, 0) is 16.4 Å². The Balaban J connectivity index is 2.14. The topological polar surface area (TPSA) is 84.5 Å². The molecule has 1 aromatic carbocycles. The van der Waals surface area contributed by atoms with Crippen LogP contribution in [0.4, 0.5) is 4.39 Å². The molecule has 1 fully saturated rings. The van der Waals surface area contributed by atoms with Crippen LogP contribution in [0.1, 0.15) is 18.4 Å². The highest BCUT2D eigenvalue weighted by molar-refractivity contribution is 7.90. The van der Waals surface area contributed by atoms with Crippen LogP contribution in [0.15, 0.2) is 28.1 Å². The molecule has 0 aromatic heterocycles. The minimum Gasteiger partial charge on any atom is -0.370 e. The fourth-order valence-corrected chi connectivity index (χ4v) is 2.23. The van der Waals surface area contributed by atoms with E-state index in [1.54, 1.807) is 0 Å². The maximum atomic E-state index is 13.6. The second kappa shape index (κ2) is 5.16. The number of sulfone groups is 1. The molecule has 0 radical (unpaired) electrons. The van der Waals surface area contributed by atoms with Crippen LogP contribution < -0.4 is 11.1 Å². The third-order valence-corrected chi connectivity index (χ3v) is 3.90. The number of aliphatic imine (C=N–C) groups is 1. The zero-order valence-corrected chi connectivity index (χ0v) is 11.4. The number of nitrogens with one attached hydrogen (secondary N) is 1. The van der Waals surface area contributed by atoms with Gasteiger partial charge in [-0.1, -0.05) is 0 Å². The Hall–Kier alpha value is -1.63. The van der Waals surface area contributed by atoms with Crippen molar-refractivity contribution in [3.8, 4) is 0 Å². The molecule has 2 rings (SSSR count). The standard InChI is InChI=1S/C12H16FN3O2S/c1-19(17,18)10-4-5-11(13)8(6-10)7-15-12(14)16-9-2-3-9/h4-6,9H,2-3,7H2,1H3,(H3,14,15,16). The summed E-state index contributed by atoms with van der Waals surface area (Å²) in [5, 5.41) is 2.98. The molecule has 0 spiro atoms. The van der Waals surface area contributed by atoms with Gasteiger partial charge in [0, 0.05) is 17.9 Å². The van der Waals surface area contributed by atoms with Gasteiger partial charge in [0.1, 0.15) is 5.82 Å². The number of benzene rings is 1. The first-order valence-corrected chi connectivity index (χ1v) is 7.80. The molecule has 1 aliphatic carbocycles. The van der Waals surface area contributed by atoms with Crippen LogP contribution in [-0.4, -0.2) is 26.7 Å². The van der Waals surface area contributed by atoms with Gasteiger partial charge >= 0.3 is 0 Å². The van der Waals surface area contributed by atoms with Gasteiger partial charge < -0.3 is 11.1 Å². The Bertz CT molecular complexity index is 609. The van der Waals surface area contributed by atoms with E-state index in [0.29, 0.717) is 6.04 Å². The molecule has 5 nitrogen and oxygen atoms in total. The molecule has 0 atom stereocenters. The second-order valence-electron chi connectivity index (χ2n) is 4.65. The quantitative estimate of drug-likeness (QED) is 0.487. The summed E-state index contributed by atoms with van der Waals surface area (Å²) < 4.78 is 36.3. The summed E-state index contributed by atoms with van der Waals surface area (Å²) >= 11 is 0. The van der Waals surface area contributed by atoms with Gasteiger partial charge in [-0.2, -0.15) is 0 Å². The number of guanidine groups is 1. The van der Waals surface area contributed by atoms with E-state index in [1.807, 2.05) is 0 Å². The highest BCUT2D eigenvalue weighted by Crippen LogP contribution is 2.18. The maximum absolute atomic E-state index is 13.6. The number of nitrogens with zero attached hydrogens (tertiary/aromatic N) is 1. The third-order valence-electron chi connectivity index (χ3n) is 2.79. The molecule has 7 heteroatoms. The number of hydrogen-bond donors (Lipinski definition) is 2. The second-order valence-corrected chi connectivity index (χ2v) is 6.66. The summed E-state index contributed by atoms with van der Waals surface area (Å²) in [5.41, 5.74) is 5.85. The van der Waals surface area contributed by atoms with Crippen molar-refractivity contribution in [1.29, 1.82) is 0 Å². The van der Waals surface area contributed by atoms with Crippen molar-refractivity contribution >= 4 is 15.8 Å². The third kappa shape index (κ3) is 3.92. The summed E-state index contributed by atoms with van der Waals surface area (Å²) in [4.78, 5) is 4.08. The fourth-order valence-electron chi connectivity index (χ4n) is 1.56. The van der Waals surface area contributed by atoms with Gasteiger partial charge in [0.25, 0.3) is 0 Å². The predicted octanol–water partition coefficient (Wildman–Crippen LogP) is 0.796. The molecule has 1 aliphatic rings. The van der Waals surface area contributed by atoms with Crippen molar-refractivity contribution in [3.63, 3.8) is 0 Å². The smallest absolute Gasteiger partial charge is 0.189 e. The zero-order valence-electron chi connectivity index (χ0n) is 10.6. The first-order chi connectivity index (χ1) is 8.86. The molecule has 0 heterocycles. The molecule has 104 valence electrons. The van der Waals surface area contributed by atoms with Crippen molar-refractivity contribution in [1.82, 2.24) is 5.32 Å². The lowest BCUT2D eigenvalue weighted by molar-refractivity contribution is 0.597. The molecule has 0 amide bonds. The first-order valence-electron chi connectivity index (χ1n) is 5.91. The van der Waals surface area contributed by atoms with E-state index in [4.69, 9.17) is 5.73 Å². The number of halogens is 1. The number of hydrogen-bond acceptors (Lipinski definition) is 3. The average Bonchev–Trinajstić information content (AvgIpc) is 3.10. The summed E-state index contributed by atoms with van der Waals surface area (Å²) in [6, 6.07) is 4.03. The van der Waals surface area contributed by atoms with Gasteiger partial charge in [-0.25, -0.2) is 17.8 Å². The Labute approximate surface area is 111 Å². The van der Waals surface area contributed by atoms with E-state index in [0.717, 1.165) is 25.2 Å². The molecule has 19 heavy (non-hydrogen) atoms. The van der Waals surface area contributed by atoms with E-state index >= 15 is 0 Å². The van der Waals surface area contributed by atoms with Gasteiger partial charge in [0.15, 0.2) is 15.8 Å². The first kappa shape index (κ1) is 13.8. The lowest BCUT2D eigenvalue weighted by Crippen LogP contribution is -2.33. The normalized spacial score (nSPS) is 16.4. The van der Waals surface area contributed by atoms with Crippen molar-refractivity contribution in [2.45, 2.75) is 30.3 Å². The van der Waals surface area contributed by atoms with Gasteiger partial charge in [0.2, 0.25) is 0 Å². The van der Waals surface area contributed by atoms with Gasteiger partial charge in [-0.05, 0) is 31.0 Å². The maximum Gasteiger partial charge on any atom is 0.189 e. The molecule has 0 aliphatic heterocycles. The van der Waals surface area contributed by atoms with Gasteiger partial charge in [-0.15, -0.1) is 0 Å². The largest absolute Gasteiger partial charge is 0.370 e. The van der Waals surface area contributed by atoms with Crippen LogP contribution >= 0.6 is 0 Å². The van der Waals surface area contributed by atoms with Crippen molar-refractivity contribution in [2.75, 3.05) is 6.26 Å². The lowest BCUT2D eigenvalue weighted by Gasteiger charge is -2.05. The molecular formula is C12H16FN3O2S. The van der Waals surface area contributed by atoms with Crippen LogP contribution in [0, 0.1) is 5.82 Å². The van der Waals surface area contributed by atoms with Crippen molar-refractivity contribution < 1.29 is 12.8 Å². The Morgan fingerprint density at radius 3 is 2.79 bits per heavy atom. The summed E-state index contributed by atoms with van der Waals surface area (Å²) in [7, 11) is -3.35. The number of rotatable bonds is 4. The van der Waals surface area contributed by atoms with Gasteiger partial charge in [0.05, 0.1) is 11.4 Å². The van der Waals surface area contributed by atoms with E-state index in [2.05, 4.69) is 10.3 Å². The van der Waals surface area contributed by atoms with Crippen molar-refractivity contribution in [2.24, 2.45) is 10.7 Å². The highest BCUT2D eigenvalue weighted by Gasteiger charge is 2.21. The lowest BCUT2D eigenvalue weighted by atomic mass is 10.2. The van der Waals surface area contributed by atoms with Gasteiger partial charge in [-0.3, -0.25) is 0 Å². The Morgan fingerprint density at radius 1 is 1.53 bits per heavy atom. The molecule has 3 N–H and O–H groups in total. The highest BCUT2D eigenvalue weighted by atomic mass is 32.2. The van der Waals surface area contributed by atoms with E-state index < -0.39 is 15.7 Å². The predicted molar refractivity (Wildman–Crippen MR) is 71.0 cm³/mol. The molecule has 0 unspecified atom stereocenters. The number of nitrogens with two attached hydrogens (primary N) is 1. The minimum atomic E-state index is -3.35. The molecule has 1 saturated carbocycles. The monoisotopic (exact) mass is 285 g/mol. The molecule has 0 saturated heterocycles. The van der Waals surface area contributed by atoms with Crippen LogP contribution in [0.25, 0.3) is 0 Å². The summed E-state index contributed by atoms with van der Waals surface area (Å²) in [6.45, 7) is 0.0146. The molecule has 1 aromatic rings. The summed E-state index contributed by atoms with van der Waals surface area (Å²) in [6.07, 6.45) is 3.21. The fraction of sp³-hybridized carbons (Fsp3) is 0.417. The minimum absolute atomic E-state index is 0.0146. The van der Waals surface area contributed by atoms with Crippen LogP contribution in [0.2, 0.25) is 0 Å².